The fraction of sp³-hybridized carbons (Fsp3) is 0.375. The summed E-state index contributed by atoms with van der Waals surface area (Å²) in [6.07, 6.45) is 8.31. The Balaban J connectivity index is 1.73. The minimum Gasteiger partial charge on any atom is -0.494 e. The van der Waals surface area contributed by atoms with E-state index in [1.165, 1.54) is 19.3 Å². The minimum atomic E-state index is 0.799. The highest BCUT2D eigenvalue weighted by Crippen LogP contribution is 2.22. The molecule has 0 fully saturated rings. The number of hydrogen-bond acceptors (Lipinski definition) is 2. The van der Waals surface area contributed by atoms with Crippen LogP contribution in [-0.4, -0.2) is 11.9 Å². The van der Waals surface area contributed by atoms with Gasteiger partial charge in [-0.15, -0.1) is 0 Å². The van der Waals surface area contributed by atoms with E-state index in [2.05, 4.69) is 28.1 Å². The zero-order valence-electron chi connectivity index (χ0n) is 11.0. The molecule has 0 radical (unpaired) electrons. The quantitative estimate of drug-likeness (QED) is 0.487. The maximum Gasteiger partial charge on any atom is 0.119 e. The molecule has 0 spiro atoms. The van der Waals surface area contributed by atoms with Crippen molar-refractivity contribution < 1.29 is 9.15 Å². The molecule has 0 aliphatic carbocycles. The molecule has 0 saturated carbocycles. The average Bonchev–Trinajstić information content (AvgIpc) is 2.97. The van der Waals surface area contributed by atoms with Gasteiger partial charge >= 0.3 is 0 Å². The van der Waals surface area contributed by atoms with Crippen LogP contribution in [0.5, 0.6) is 5.75 Å². The van der Waals surface area contributed by atoms with Crippen LogP contribution in [0.2, 0.25) is 0 Å². The number of halogens is 1. The third kappa shape index (κ3) is 4.75. The number of ether oxygens (including phenoxy) is 1. The van der Waals surface area contributed by atoms with E-state index in [1.54, 1.807) is 12.5 Å². The third-order valence-electron chi connectivity index (χ3n) is 3.01. The maximum atomic E-state index is 5.72. The summed E-state index contributed by atoms with van der Waals surface area (Å²) < 4.78 is 10.8. The molecule has 0 saturated heterocycles. The molecule has 2 rings (SSSR count). The molecule has 0 bridgehead atoms. The van der Waals surface area contributed by atoms with Gasteiger partial charge in [0.2, 0.25) is 0 Å². The lowest BCUT2D eigenvalue weighted by Gasteiger charge is -2.06. The van der Waals surface area contributed by atoms with Crippen molar-refractivity contribution in [2.45, 2.75) is 25.7 Å². The summed E-state index contributed by atoms with van der Waals surface area (Å²) in [6.45, 7) is 0.799. The molecule has 3 heteroatoms. The van der Waals surface area contributed by atoms with Crippen molar-refractivity contribution in [2.75, 3.05) is 11.9 Å². The maximum absolute atomic E-state index is 5.72. The second kappa shape index (κ2) is 8.05. The van der Waals surface area contributed by atoms with E-state index >= 15 is 0 Å². The lowest BCUT2D eigenvalue weighted by atomic mass is 10.1. The minimum absolute atomic E-state index is 0.799. The molecule has 0 unspecified atom stereocenters. The van der Waals surface area contributed by atoms with Crippen molar-refractivity contribution in [3.63, 3.8) is 0 Å². The first-order chi connectivity index (χ1) is 9.40. The summed E-state index contributed by atoms with van der Waals surface area (Å²) in [5, 5.41) is 1.10. The van der Waals surface area contributed by atoms with Gasteiger partial charge in [0.05, 0.1) is 19.1 Å². The van der Waals surface area contributed by atoms with Crippen molar-refractivity contribution in [2.24, 2.45) is 0 Å². The van der Waals surface area contributed by atoms with Gasteiger partial charge in [0.25, 0.3) is 0 Å². The lowest BCUT2D eigenvalue weighted by Crippen LogP contribution is -1.97. The molecule has 0 aliphatic heterocycles. The van der Waals surface area contributed by atoms with Crippen LogP contribution in [0.25, 0.3) is 11.1 Å². The molecule has 1 aromatic heterocycles. The Morgan fingerprint density at radius 1 is 0.895 bits per heavy atom. The fourth-order valence-corrected chi connectivity index (χ4v) is 2.31. The van der Waals surface area contributed by atoms with Gasteiger partial charge in [-0.25, -0.2) is 0 Å². The highest BCUT2D eigenvalue weighted by Gasteiger charge is 1.99. The summed E-state index contributed by atoms with van der Waals surface area (Å²) in [5.41, 5.74) is 2.25. The monoisotopic (exact) mass is 322 g/mol. The Hall–Kier alpha value is -1.22. The Bertz CT molecular complexity index is 448. The first-order valence-corrected chi connectivity index (χ1v) is 7.83. The number of rotatable bonds is 8. The molecule has 102 valence electrons. The van der Waals surface area contributed by atoms with Crippen LogP contribution in [0, 0.1) is 0 Å². The van der Waals surface area contributed by atoms with Crippen molar-refractivity contribution in [1.29, 1.82) is 0 Å². The van der Waals surface area contributed by atoms with E-state index in [9.17, 15) is 0 Å². The summed E-state index contributed by atoms with van der Waals surface area (Å²) in [4.78, 5) is 0. The molecule has 1 heterocycles. The van der Waals surface area contributed by atoms with Gasteiger partial charge in [-0.3, -0.25) is 0 Å². The van der Waals surface area contributed by atoms with Crippen LogP contribution in [0.4, 0.5) is 0 Å². The second-order valence-corrected chi connectivity index (χ2v) is 5.28. The molecule has 19 heavy (non-hydrogen) atoms. The summed E-state index contributed by atoms with van der Waals surface area (Å²) in [7, 11) is 0. The van der Waals surface area contributed by atoms with Crippen LogP contribution in [-0.2, 0) is 0 Å². The van der Waals surface area contributed by atoms with Gasteiger partial charge in [0.15, 0.2) is 0 Å². The van der Waals surface area contributed by atoms with Gasteiger partial charge in [-0.2, -0.15) is 0 Å². The van der Waals surface area contributed by atoms with E-state index in [-0.39, 0.29) is 0 Å². The van der Waals surface area contributed by atoms with E-state index in [0.717, 1.165) is 35.2 Å². The molecular formula is C16H19BrO2. The predicted octanol–water partition coefficient (Wildman–Crippen LogP) is 5.28. The number of furan rings is 1. The number of unbranched alkanes of at least 4 members (excludes halogenated alkanes) is 3. The van der Waals surface area contributed by atoms with Crippen molar-refractivity contribution in [3.05, 3.63) is 42.9 Å². The van der Waals surface area contributed by atoms with Gasteiger partial charge in [0.1, 0.15) is 5.75 Å². The van der Waals surface area contributed by atoms with Crippen molar-refractivity contribution >= 4 is 15.9 Å². The van der Waals surface area contributed by atoms with E-state index < -0.39 is 0 Å². The largest absolute Gasteiger partial charge is 0.494 e. The fourth-order valence-electron chi connectivity index (χ4n) is 1.91. The Morgan fingerprint density at radius 2 is 1.68 bits per heavy atom. The summed E-state index contributed by atoms with van der Waals surface area (Å²) >= 11 is 3.44. The number of benzene rings is 1. The smallest absolute Gasteiger partial charge is 0.119 e. The second-order valence-electron chi connectivity index (χ2n) is 4.49. The average molecular weight is 323 g/mol. The standard InChI is InChI=1S/C16H19BrO2/c17-10-3-1-2-4-11-19-16-7-5-14(6-8-16)15-9-12-18-13-15/h5-9,12-13H,1-4,10-11H2. The lowest BCUT2D eigenvalue weighted by molar-refractivity contribution is 0.305. The Morgan fingerprint density at radius 3 is 2.37 bits per heavy atom. The topological polar surface area (TPSA) is 22.4 Å². The first kappa shape index (κ1) is 14.2. The van der Waals surface area contributed by atoms with Gasteiger partial charge in [0, 0.05) is 10.9 Å². The number of hydrogen-bond donors (Lipinski definition) is 0. The molecule has 0 amide bonds. The van der Waals surface area contributed by atoms with E-state index in [1.807, 2.05) is 18.2 Å². The van der Waals surface area contributed by atoms with Crippen LogP contribution >= 0.6 is 15.9 Å². The van der Waals surface area contributed by atoms with Gasteiger partial charge in [-0.05, 0) is 36.6 Å². The van der Waals surface area contributed by atoms with Crippen molar-refractivity contribution in [1.82, 2.24) is 0 Å². The highest BCUT2D eigenvalue weighted by molar-refractivity contribution is 9.09. The first-order valence-electron chi connectivity index (χ1n) is 6.71. The van der Waals surface area contributed by atoms with Gasteiger partial charge < -0.3 is 9.15 Å². The Kier molecular flexibility index (Phi) is 6.02. The molecule has 0 N–H and O–H groups in total. The molecule has 2 nitrogen and oxygen atoms in total. The summed E-state index contributed by atoms with van der Waals surface area (Å²) in [6, 6.07) is 10.1. The van der Waals surface area contributed by atoms with Crippen molar-refractivity contribution in [3.8, 4) is 16.9 Å². The summed E-state index contributed by atoms with van der Waals surface area (Å²) in [5.74, 6) is 0.938. The number of alkyl halides is 1. The zero-order chi connectivity index (χ0) is 13.3. The molecule has 1 aromatic carbocycles. The molecule has 2 aromatic rings. The predicted molar refractivity (Wildman–Crippen MR) is 81.9 cm³/mol. The normalized spacial score (nSPS) is 10.6. The zero-order valence-corrected chi connectivity index (χ0v) is 12.6. The molecule has 0 atom stereocenters. The van der Waals surface area contributed by atoms with Crippen LogP contribution < -0.4 is 4.74 Å². The third-order valence-corrected chi connectivity index (χ3v) is 3.57. The molecular weight excluding hydrogens is 304 g/mol. The molecule has 0 aliphatic rings. The SMILES string of the molecule is BrCCCCCCOc1ccc(-c2ccoc2)cc1. The van der Waals surface area contributed by atoms with Crippen LogP contribution in [0.1, 0.15) is 25.7 Å². The van der Waals surface area contributed by atoms with Crippen LogP contribution in [0.3, 0.4) is 0 Å². The van der Waals surface area contributed by atoms with E-state index in [4.69, 9.17) is 9.15 Å². The van der Waals surface area contributed by atoms with E-state index in [0.29, 0.717) is 0 Å². The highest BCUT2D eigenvalue weighted by atomic mass is 79.9. The Labute approximate surface area is 122 Å². The van der Waals surface area contributed by atoms with Crippen LogP contribution in [0.15, 0.2) is 47.3 Å². The van der Waals surface area contributed by atoms with Gasteiger partial charge in [-0.1, -0.05) is 40.9 Å².